The Hall–Kier alpha value is -2.11. The van der Waals surface area contributed by atoms with E-state index in [4.69, 9.17) is 4.74 Å². The van der Waals surface area contributed by atoms with Crippen LogP contribution in [-0.2, 0) is 11.3 Å². The fraction of sp³-hybridized carbons (Fsp3) is 0.588. The molecule has 1 aliphatic heterocycles. The van der Waals surface area contributed by atoms with E-state index < -0.39 is 5.60 Å². The lowest BCUT2D eigenvalue weighted by molar-refractivity contribution is 0.0178. The molecule has 2 heterocycles. The molecule has 6 heteroatoms. The van der Waals surface area contributed by atoms with E-state index >= 15 is 0 Å². The van der Waals surface area contributed by atoms with Crippen molar-refractivity contribution < 1.29 is 14.3 Å². The molecule has 23 heavy (non-hydrogen) atoms. The molecule has 0 aliphatic carbocycles. The van der Waals surface area contributed by atoms with E-state index in [1.54, 1.807) is 15.7 Å². The highest BCUT2D eigenvalue weighted by Gasteiger charge is 2.27. The molecule has 1 aromatic rings. The van der Waals surface area contributed by atoms with E-state index in [9.17, 15) is 14.4 Å². The third-order valence-electron chi connectivity index (χ3n) is 3.86. The average molecular weight is 320 g/mol. The minimum atomic E-state index is -0.490. The van der Waals surface area contributed by atoms with Crippen LogP contribution in [0, 0.1) is 5.92 Å². The molecule has 0 aromatic carbocycles. The molecule has 2 rings (SSSR count). The fourth-order valence-corrected chi connectivity index (χ4v) is 2.67. The van der Waals surface area contributed by atoms with Crippen LogP contribution in [-0.4, -0.2) is 40.5 Å². The van der Waals surface area contributed by atoms with E-state index in [1.807, 2.05) is 20.8 Å². The second-order valence-electron chi connectivity index (χ2n) is 6.98. The van der Waals surface area contributed by atoms with Crippen LogP contribution in [0.15, 0.2) is 23.1 Å². The predicted molar refractivity (Wildman–Crippen MR) is 86.6 cm³/mol. The number of aldehydes is 1. The Kier molecular flexibility index (Phi) is 5.23. The molecule has 0 saturated carbocycles. The Morgan fingerprint density at radius 1 is 1.30 bits per heavy atom. The second-order valence-corrected chi connectivity index (χ2v) is 6.98. The number of likely N-dealkylation sites (tertiary alicyclic amines) is 1. The van der Waals surface area contributed by atoms with Gasteiger partial charge in [0.15, 0.2) is 6.29 Å². The van der Waals surface area contributed by atoms with Crippen molar-refractivity contribution in [3.63, 3.8) is 0 Å². The first-order chi connectivity index (χ1) is 10.8. The Morgan fingerprint density at radius 2 is 1.96 bits per heavy atom. The molecule has 0 atom stereocenters. The lowest BCUT2D eigenvalue weighted by Gasteiger charge is -2.33. The van der Waals surface area contributed by atoms with Crippen LogP contribution in [0.1, 0.15) is 44.0 Å². The molecule has 0 N–H and O–H groups in total. The van der Waals surface area contributed by atoms with Gasteiger partial charge in [0.25, 0.3) is 5.56 Å². The number of piperidine rings is 1. The molecule has 0 spiro atoms. The lowest BCUT2D eigenvalue weighted by atomic mass is 9.97. The molecular weight excluding hydrogens is 296 g/mol. The van der Waals surface area contributed by atoms with E-state index in [2.05, 4.69) is 0 Å². The first-order valence-corrected chi connectivity index (χ1v) is 7.92. The zero-order valence-electron chi connectivity index (χ0n) is 13.9. The molecule has 1 fully saturated rings. The average Bonchev–Trinajstić information content (AvgIpc) is 2.48. The Balaban J connectivity index is 1.91. The zero-order chi connectivity index (χ0) is 17.0. The topological polar surface area (TPSA) is 68.6 Å². The number of hydrogen-bond acceptors (Lipinski definition) is 4. The zero-order valence-corrected chi connectivity index (χ0v) is 13.9. The summed E-state index contributed by atoms with van der Waals surface area (Å²) in [6.07, 6.45) is 3.68. The fourth-order valence-electron chi connectivity index (χ4n) is 2.67. The van der Waals surface area contributed by atoms with Crippen LogP contribution in [0.25, 0.3) is 0 Å². The minimum absolute atomic E-state index is 0.106. The molecule has 0 radical (unpaired) electrons. The van der Waals surface area contributed by atoms with Gasteiger partial charge in [-0.2, -0.15) is 0 Å². The summed E-state index contributed by atoms with van der Waals surface area (Å²) in [5.74, 6) is 0.313. The standard InChI is InChI=1S/C17H24N2O4/c1-17(2,3)23-16(22)18-8-6-13(7-9-18)10-19-11-14(12-20)4-5-15(19)21/h4-5,11-13H,6-10H2,1-3H3. The van der Waals surface area contributed by atoms with Gasteiger partial charge in [-0.25, -0.2) is 4.79 Å². The summed E-state index contributed by atoms with van der Waals surface area (Å²) >= 11 is 0. The van der Waals surface area contributed by atoms with Crippen molar-refractivity contribution in [3.8, 4) is 0 Å². The predicted octanol–water partition coefficient (Wildman–Crippen LogP) is 2.31. The SMILES string of the molecule is CC(C)(C)OC(=O)N1CCC(Cn2cc(C=O)ccc2=O)CC1. The van der Waals surface area contributed by atoms with Crippen molar-refractivity contribution in [1.29, 1.82) is 0 Å². The highest BCUT2D eigenvalue weighted by atomic mass is 16.6. The van der Waals surface area contributed by atoms with Gasteiger partial charge >= 0.3 is 6.09 Å². The summed E-state index contributed by atoms with van der Waals surface area (Å²) in [7, 11) is 0. The normalized spacial score (nSPS) is 16.2. The number of pyridine rings is 1. The minimum Gasteiger partial charge on any atom is -0.444 e. The maximum absolute atomic E-state index is 12.0. The van der Waals surface area contributed by atoms with Gasteiger partial charge < -0.3 is 14.2 Å². The van der Waals surface area contributed by atoms with Gasteiger partial charge in [0.2, 0.25) is 0 Å². The summed E-state index contributed by atoms with van der Waals surface area (Å²) in [4.78, 5) is 36.4. The maximum Gasteiger partial charge on any atom is 0.410 e. The third-order valence-corrected chi connectivity index (χ3v) is 3.86. The summed E-state index contributed by atoms with van der Waals surface area (Å²) in [5, 5.41) is 0. The van der Waals surface area contributed by atoms with Crippen LogP contribution in [0.3, 0.4) is 0 Å². The third kappa shape index (κ3) is 4.94. The Morgan fingerprint density at radius 3 is 2.52 bits per heavy atom. The van der Waals surface area contributed by atoms with Gasteiger partial charge in [-0.15, -0.1) is 0 Å². The van der Waals surface area contributed by atoms with Crippen molar-refractivity contribution in [3.05, 3.63) is 34.2 Å². The number of hydrogen-bond donors (Lipinski definition) is 0. The van der Waals surface area contributed by atoms with Gasteiger partial charge in [0.1, 0.15) is 5.60 Å². The Labute approximate surface area is 136 Å². The summed E-state index contributed by atoms with van der Waals surface area (Å²) < 4.78 is 6.95. The van der Waals surface area contributed by atoms with Gasteiger partial charge in [-0.1, -0.05) is 0 Å². The highest BCUT2D eigenvalue weighted by Crippen LogP contribution is 2.20. The number of amides is 1. The molecule has 126 valence electrons. The van der Waals surface area contributed by atoms with E-state index in [1.165, 1.54) is 12.1 Å². The molecular formula is C17H24N2O4. The van der Waals surface area contributed by atoms with Gasteiger partial charge in [0.05, 0.1) is 0 Å². The number of ether oxygens (including phenoxy) is 1. The number of carbonyl (C=O) groups excluding carboxylic acids is 2. The number of carbonyl (C=O) groups is 2. The van der Waals surface area contributed by atoms with Crippen molar-refractivity contribution in [1.82, 2.24) is 9.47 Å². The molecule has 0 unspecified atom stereocenters. The van der Waals surface area contributed by atoms with Crippen LogP contribution >= 0.6 is 0 Å². The lowest BCUT2D eigenvalue weighted by Crippen LogP contribution is -2.42. The maximum atomic E-state index is 12.0. The number of aromatic nitrogens is 1. The second kappa shape index (κ2) is 6.98. The molecule has 1 saturated heterocycles. The largest absolute Gasteiger partial charge is 0.444 e. The first-order valence-electron chi connectivity index (χ1n) is 7.92. The van der Waals surface area contributed by atoms with Crippen LogP contribution in [0.5, 0.6) is 0 Å². The summed E-state index contributed by atoms with van der Waals surface area (Å²) in [6.45, 7) is 7.38. The van der Waals surface area contributed by atoms with E-state index in [-0.39, 0.29) is 11.7 Å². The molecule has 1 aromatic heterocycles. The number of nitrogens with zero attached hydrogens (tertiary/aromatic N) is 2. The smallest absolute Gasteiger partial charge is 0.410 e. The van der Waals surface area contributed by atoms with Crippen LogP contribution < -0.4 is 5.56 Å². The van der Waals surface area contributed by atoms with E-state index in [0.29, 0.717) is 31.1 Å². The Bertz CT molecular complexity index is 622. The van der Waals surface area contributed by atoms with Crippen LogP contribution in [0.4, 0.5) is 4.79 Å². The molecule has 1 aliphatic rings. The molecule has 6 nitrogen and oxygen atoms in total. The van der Waals surface area contributed by atoms with Crippen molar-refractivity contribution in [2.24, 2.45) is 5.92 Å². The molecule has 1 amide bonds. The van der Waals surface area contributed by atoms with E-state index in [0.717, 1.165) is 19.1 Å². The van der Waals surface area contributed by atoms with Gasteiger partial charge in [-0.3, -0.25) is 9.59 Å². The van der Waals surface area contributed by atoms with Gasteiger partial charge in [0, 0.05) is 37.5 Å². The van der Waals surface area contributed by atoms with Gasteiger partial charge in [-0.05, 0) is 45.6 Å². The highest BCUT2D eigenvalue weighted by molar-refractivity contribution is 5.73. The quantitative estimate of drug-likeness (QED) is 0.802. The summed E-state index contributed by atoms with van der Waals surface area (Å²) in [5.41, 5.74) is -0.0998. The molecule has 0 bridgehead atoms. The monoisotopic (exact) mass is 320 g/mol. The summed E-state index contributed by atoms with van der Waals surface area (Å²) in [6, 6.07) is 2.94. The first kappa shape index (κ1) is 17.2. The van der Waals surface area contributed by atoms with Crippen molar-refractivity contribution in [2.75, 3.05) is 13.1 Å². The number of rotatable bonds is 3. The van der Waals surface area contributed by atoms with Crippen LogP contribution in [0.2, 0.25) is 0 Å². The van der Waals surface area contributed by atoms with Crippen molar-refractivity contribution in [2.45, 2.75) is 45.8 Å². The van der Waals surface area contributed by atoms with Crippen molar-refractivity contribution >= 4 is 12.4 Å².